The van der Waals surface area contributed by atoms with Gasteiger partial charge in [-0.1, -0.05) is 6.92 Å². The van der Waals surface area contributed by atoms with Gasteiger partial charge in [0.2, 0.25) is 0 Å². The van der Waals surface area contributed by atoms with Gasteiger partial charge in [0.25, 0.3) is 5.69 Å². The molecule has 1 N–H and O–H groups in total. The molecule has 0 heterocycles. The maximum Gasteiger partial charge on any atom is 0.274 e. The summed E-state index contributed by atoms with van der Waals surface area (Å²) in [5.74, 6) is 2.26. The van der Waals surface area contributed by atoms with Crippen molar-refractivity contribution in [1.82, 2.24) is 0 Å². The Balaban J connectivity index is 2.65. The van der Waals surface area contributed by atoms with Crippen molar-refractivity contribution in [2.75, 3.05) is 23.4 Å². The minimum Gasteiger partial charge on any atom is -0.385 e. The summed E-state index contributed by atoms with van der Waals surface area (Å²) in [6, 6.07) is 3.50. The van der Waals surface area contributed by atoms with Crippen LogP contribution in [0.5, 0.6) is 0 Å². The Morgan fingerprint density at radius 1 is 1.33 bits per heavy atom. The van der Waals surface area contributed by atoms with E-state index in [9.17, 15) is 10.1 Å². The lowest BCUT2D eigenvalue weighted by atomic mass is 10.1. The summed E-state index contributed by atoms with van der Waals surface area (Å²) in [6.45, 7) is 6.74. The van der Waals surface area contributed by atoms with Crippen molar-refractivity contribution in [2.45, 2.75) is 27.2 Å². The molecule has 100 valence electrons. The van der Waals surface area contributed by atoms with Crippen LogP contribution in [0.2, 0.25) is 0 Å². The van der Waals surface area contributed by atoms with Crippen molar-refractivity contribution in [3.63, 3.8) is 0 Å². The van der Waals surface area contributed by atoms with Crippen molar-refractivity contribution < 1.29 is 4.92 Å². The number of anilines is 1. The number of hydrogen-bond donors (Lipinski definition) is 1. The Labute approximate surface area is 112 Å². The van der Waals surface area contributed by atoms with E-state index in [1.807, 2.05) is 24.8 Å². The molecule has 1 aromatic rings. The van der Waals surface area contributed by atoms with Crippen LogP contribution >= 0.6 is 11.8 Å². The van der Waals surface area contributed by atoms with Gasteiger partial charge in [-0.2, -0.15) is 11.8 Å². The van der Waals surface area contributed by atoms with E-state index in [2.05, 4.69) is 12.2 Å². The summed E-state index contributed by atoms with van der Waals surface area (Å²) in [5.41, 5.74) is 2.82. The lowest BCUT2D eigenvalue weighted by molar-refractivity contribution is -0.385. The molecule has 1 rings (SSSR count). The predicted molar refractivity (Wildman–Crippen MR) is 78.7 cm³/mol. The van der Waals surface area contributed by atoms with E-state index >= 15 is 0 Å². The zero-order valence-corrected chi connectivity index (χ0v) is 12.0. The number of aryl methyl sites for hydroxylation is 2. The summed E-state index contributed by atoms with van der Waals surface area (Å²) in [7, 11) is 0. The second-order valence-corrected chi connectivity index (χ2v) is 5.58. The number of rotatable bonds is 7. The number of hydrogen-bond acceptors (Lipinski definition) is 4. The third-order valence-corrected chi connectivity index (χ3v) is 3.71. The lowest BCUT2D eigenvalue weighted by Crippen LogP contribution is -2.05. The van der Waals surface area contributed by atoms with Crippen molar-refractivity contribution in [3.05, 3.63) is 33.4 Å². The molecule has 0 fully saturated rings. The molecule has 1 aromatic carbocycles. The molecule has 0 aliphatic heterocycles. The first-order valence-electron chi connectivity index (χ1n) is 6.13. The number of nitrogens with zero attached hydrogens (tertiary/aromatic N) is 1. The monoisotopic (exact) mass is 268 g/mol. The lowest BCUT2D eigenvalue weighted by Gasteiger charge is -2.10. The molecule has 18 heavy (non-hydrogen) atoms. The molecule has 0 atom stereocenters. The fraction of sp³-hybridized carbons (Fsp3) is 0.538. The molecular formula is C13H20N2O2S. The second-order valence-electron chi connectivity index (χ2n) is 4.19. The van der Waals surface area contributed by atoms with E-state index in [0.29, 0.717) is 5.56 Å². The molecule has 0 unspecified atom stereocenters. The van der Waals surface area contributed by atoms with Crippen LogP contribution in [0.25, 0.3) is 0 Å². The Kier molecular flexibility index (Phi) is 5.98. The van der Waals surface area contributed by atoms with Crippen LogP contribution < -0.4 is 5.32 Å². The predicted octanol–water partition coefficient (Wildman–Crippen LogP) is 3.77. The maximum absolute atomic E-state index is 10.9. The number of benzene rings is 1. The smallest absolute Gasteiger partial charge is 0.274 e. The summed E-state index contributed by atoms with van der Waals surface area (Å²) >= 11 is 1.91. The zero-order chi connectivity index (χ0) is 13.5. The van der Waals surface area contributed by atoms with Gasteiger partial charge in [0.05, 0.1) is 4.92 Å². The Morgan fingerprint density at radius 2 is 2.06 bits per heavy atom. The summed E-state index contributed by atoms with van der Waals surface area (Å²) in [4.78, 5) is 10.5. The summed E-state index contributed by atoms with van der Waals surface area (Å²) in [5, 5.41) is 14.2. The quantitative estimate of drug-likeness (QED) is 0.464. The largest absolute Gasteiger partial charge is 0.385 e. The first-order valence-corrected chi connectivity index (χ1v) is 7.29. The standard InChI is InChI=1S/C13H20N2O2S/c1-4-18-7-5-6-14-12-9-13(15(16)17)11(3)8-10(12)2/h8-9,14H,4-7H2,1-3H3. The highest BCUT2D eigenvalue weighted by atomic mass is 32.2. The van der Waals surface area contributed by atoms with Crippen LogP contribution in [-0.2, 0) is 0 Å². The van der Waals surface area contributed by atoms with Crippen molar-refractivity contribution in [1.29, 1.82) is 0 Å². The van der Waals surface area contributed by atoms with E-state index < -0.39 is 0 Å². The molecule has 0 saturated carbocycles. The van der Waals surface area contributed by atoms with Crippen LogP contribution in [0.4, 0.5) is 11.4 Å². The average Bonchev–Trinajstić information content (AvgIpc) is 2.30. The third kappa shape index (κ3) is 4.22. The summed E-state index contributed by atoms with van der Waals surface area (Å²) in [6.07, 6.45) is 1.07. The molecule has 0 saturated heterocycles. The average molecular weight is 268 g/mol. The van der Waals surface area contributed by atoms with Gasteiger partial charge in [-0.3, -0.25) is 10.1 Å². The molecule has 0 bridgehead atoms. The van der Waals surface area contributed by atoms with Crippen LogP contribution in [-0.4, -0.2) is 23.0 Å². The van der Waals surface area contributed by atoms with Gasteiger partial charge in [-0.05, 0) is 43.4 Å². The van der Waals surface area contributed by atoms with E-state index in [0.717, 1.165) is 35.7 Å². The van der Waals surface area contributed by atoms with E-state index in [1.54, 1.807) is 13.0 Å². The van der Waals surface area contributed by atoms with Crippen LogP contribution in [0.3, 0.4) is 0 Å². The van der Waals surface area contributed by atoms with Gasteiger partial charge in [0.1, 0.15) is 0 Å². The topological polar surface area (TPSA) is 55.2 Å². The highest BCUT2D eigenvalue weighted by Gasteiger charge is 2.13. The highest BCUT2D eigenvalue weighted by Crippen LogP contribution is 2.26. The Hall–Kier alpha value is -1.23. The molecule has 0 aliphatic carbocycles. The fourth-order valence-corrected chi connectivity index (χ4v) is 2.41. The van der Waals surface area contributed by atoms with Crippen LogP contribution in [0, 0.1) is 24.0 Å². The maximum atomic E-state index is 10.9. The van der Waals surface area contributed by atoms with E-state index in [4.69, 9.17) is 0 Å². The van der Waals surface area contributed by atoms with Gasteiger partial charge >= 0.3 is 0 Å². The number of nitrogens with one attached hydrogen (secondary N) is 1. The van der Waals surface area contributed by atoms with E-state index in [-0.39, 0.29) is 10.6 Å². The second kappa shape index (κ2) is 7.26. The molecule has 0 aromatic heterocycles. The minimum atomic E-state index is -0.326. The molecule has 0 radical (unpaired) electrons. The minimum absolute atomic E-state index is 0.186. The van der Waals surface area contributed by atoms with Gasteiger partial charge in [0, 0.05) is 23.9 Å². The fourth-order valence-electron chi connectivity index (χ4n) is 1.77. The SMILES string of the molecule is CCSCCCNc1cc([N+](=O)[O-])c(C)cc1C. The molecule has 0 aliphatic rings. The zero-order valence-electron chi connectivity index (χ0n) is 11.2. The van der Waals surface area contributed by atoms with Crippen molar-refractivity contribution in [3.8, 4) is 0 Å². The van der Waals surface area contributed by atoms with Crippen molar-refractivity contribution in [2.24, 2.45) is 0 Å². The van der Waals surface area contributed by atoms with Crippen molar-refractivity contribution >= 4 is 23.1 Å². The van der Waals surface area contributed by atoms with Gasteiger partial charge < -0.3 is 5.32 Å². The molecule has 0 spiro atoms. The molecule has 0 amide bonds. The first-order chi connectivity index (χ1) is 8.56. The van der Waals surface area contributed by atoms with E-state index in [1.165, 1.54) is 0 Å². The molecule has 5 heteroatoms. The number of nitro benzene ring substituents is 1. The normalized spacial score (nSPS) is 10.4. The first kappa shape index (κ1) is 14.8. The summed E-state index contributed by atoms with van der Waals surface area (Å²) < 4.78 is 0. The highest BCUT2D eigenvalue weighted by molar-refractivity contribution is 7.99. The number of thioether (sulfide) groups is 1. The van der Waals surface area contributed by atoms with Crippen LogP contribution in [0.1, 0.15) is 24.5 Å². The van der Waals surface area contributed by atoms with Crippen LogP contribution in [0.15, 0.2) is 12.1 Å². The molecular weight excluding hydrogens is 248 g/mol. The van der Waals surface area contributed by atoms with Gasteiger partial charge in [-0.25, -0.2) is 0 Å². The Morgan fingerprint density at radius 3 is 2.67 bits per heavy atom. The molecule has 4 nitrogen and oxygen atoms in total. The number of nitro groups is 1. The third-order valence-electron chi connectivity index (χ3n) is 2.72. The van der Waals surface area contributed by atoms with Gasteiger partial charge in [0.15, 0.2) is 0 Å². The Bertz CT molecular complexity index is 422. The van der Waals surface area contributed by atoms with Gasteiger partial charge in [-0.15, -0.1) is 0 Å².